The van der Waals surface area contributed by atoms with E-state index in [1.807, 2.05) is 19.9 Å². The van der Waals surface area contributed by atoms with Gasteiger partial charge in [0, 0.05) is 17.4 Å². The van der Waals surface area contributed by atoms with E-state index in [2.05, 4.69) is 11.1 Å². The van der Waals surface area contributed by atoms with Crippen LogP contribution in [0, 0.1) is 22.7 Å². The van der Waals surface area contributed by atoms with Gasteiger partial charge in [0.15, 0.2) is 5.78 Å². The second-order valence-corrected chi connectivity index (χ2v) is 6.48. The highest BCUT2D eigenvalue weighted by atomic mass is 16.5. The summed E-state index contributed by atoms with van der Waals surface area (Å²) in [6.45, 7) is 4.21. The molecule has 0 N–H and O–H groups in total. The number of ketones is 1. The molecule has 21 heavy (non-hydrogen) atoms. The number of ether oxygens (including phenoxy) is 2. The van der Waals surface area contributed by atoms with Crippen molar-refractivity contribution in [3.8, 4) is 11.8 Å². The van der Waals surface area contributed by atoms with Gasteiger partial charge in [-0.1, -0.05) is 13.8 Å². The predicted molar refractivity (Wildman–Crippen MR) is 74.4 cm³/mol. The fourth-order valence-electron chi connectivity index (χ4n) is 3.57. The Labute approximate surface area is 123 Å². The molecule has 1 aromatic heterocycles. The average Bonchev–Trinajstić information content (AvgIpc) is 2.80. The summed E-state index contributed by atoms with van der Waals surface area (Å²) in [7, 11) is 1.60. The van der Waals surface area contributed by atoms with E-state index in [-0.39, 0.29) is 5.78 Å². The van der Waals surface area contributed by atoms with Crippen LogP contribution in [0.15, 0.2) is 12.3 Å². The summed E-state index contributed by atoms with van der Waals surface area (Å²) in [5.41, 5.74) is 0.627. The van der Waals surface area contributed by atoms with Gasteiger partial charge < -0.3 is 9.47 Å². The number of fused-ring (bicyclic) bond motifs is 2. The fourth-order valence-corrected chi connectivity index (χ4v) is 3.57. The van der Waals surface area contributed by atoms with Crippen LogP contribution in [0.25, 0.3) is 0 Å². The number of nitriles is 1. The highest BCUT2D eigenvalue weighted by Crippen LogP contribution is 2.52. The summed E-state index contributed by atoms with van der Waals surface area (Å²) in [5.74, 6) is 0.0576. The maximum absolute atomic E-state index is 12.3. The van der Waals surface area contributed by atoms with Crippen LogP contribution in [0.3, 0.4) is 0 Å². The number of hydrogen-bond donors (Lipinski definition) is 0. The van der Waals surface area contributed by atoms with Crippen LogP contribution in [0.4, 0.5) is 0 Å². The van der Waals surface area contributed by atoms with Crippen molar-refractivity contribution in [2.45, 2.75) is 38.9 Å². The first-order valence-electron chi connectivity index (χ1n) is 7.03. The van der Waals surface area contributed by atoms with Gasteiger partial charge in [-0.2, -0.15) is 5.26 Å². The highest BCUT2D eigenvalue weighted by Gasteiger charge is 2.54. The number of methoxy groups -OCH3 is 1. The molecule has 110 valence electrons. The molecule has 2 heterocycles. The molecule has 5 nitrogen and oxygen atoms in total. The Morgan fingerprint density at radius 3 is 2.95 bits per heavy atom. The van der Waals surface area contributed by atoms with Crippen molar-refractivity contribution in [1.82, 2.24) is 4.98 Å². The van der Waals surface area contributed by atoms with Crippen molar-refractivity contribution in [3.63, 3.8) is 0 Å². The van der Waals surface area contributed by atoms with E-state index >= 15 is 0 Å². The minimum absolute atomic E-state index is 0.00110. The molecule has 1 aliphatic heterocycles. The minimum Gasteiger partial charge on any atom is -0.495 e. The molecule has 0 aromatic carbocycles. The number of carbonyl (C=O) groups excluding carboxylic acids is 1. The van der Waals surface area contributed by atoms with E-state index in [4.69, 9.17) is 9.47 Å². The van der Waals surface area contributed by atoms with Gasteiger partial charge in [0.2, 0.25) is 0 Å². The molecule has 2 atom stereocenters. The van der Waals surface area contributed by atoms with Crippen LogP contribution < -0.4 is 4.74 Å². The SMILES string of the molecule is COc1cnc2c(c1)COC21CC(C#N)C(=O)C(C)(C)C1. The maximum atomic E-state index is 12.3. The zero-order valence-corrected chi connectivity index (χ0v) is 12.5. The number of nitrogens with zero attached hydrogens (tertiary/aromatic N) is 2. The third-order valence-electron chi connectivity index (χ3n) is 4.51. The highest BCUT2D eigenvalue weighted by molar-refractivity contribution is 5.89. The first kappa shape index (κ1) is 14.0. The van der Waals surface area contributed by atoms with Crippen LogP contribution in [-0.2, 0) is 21.7 Å². The van der Waals surface area contributed by atoms with Crippen molar-refractivity contribution in [1.29, 1.82) is 5.26 Å². The first-order chi connectivity index (χ1) is 9.92. The molecule has 0 amide bonds. The Morgan fingerprint density at radius 1 is 1.52 bits per heavy atom. The largest absolute Gasteiger partial charge is 0.495 e. The van der Waals surface area contributed by atoms with E-state index in [1.54, 1.807) is 13.3 Å². The summed E-state index contributed by atoms with van der Waals surface area (Å²) in [5, 5.41) is 9.30. The number of rotatable bonds is 1. The van der Waals surface area contributed by atoms with Gasteiger partial charge >= 0.3 is 0 Å². The molecule has 0 bridgehead atoms. The van der Waals surface area contributed by atoms with Crippen molar-refractivity contribution in [2.75, 3.05) is 7.11 Å². The maximum Gasteiger partial charge on any atom is 0.155 e. The fraction of sp³-hybridized carbons (Fsp3) is 0.562. The molecule has 2 aliphatic rings. The number of pyridine rings is 1. The van der Waals surface area contributed by atoms with E-state index in [1.165, 1.54) is 0 Å². The Morgan fingerprint density at radius 2 is 2.29 bits per heavy atom. The zero-order chi connectivity index (χ0) is 15.3. The van der Waals surface area contributed by atoms with Gasteiger partial charge in [0.25, 0.3) is 0 Å². The summed E-state index contributed by atoms with van der Waals surface area (Å²) in [6.07, 6.45) is 2.61. The summed E-state index contributed by atoms with van der Waals surface area (Å²) in [4.78, 5) is 16.8. The Balaban J connectivity index is 2.05. The lowest BCUT2D eigenvalue weighted by atomic mass is 9.63. The van der Waals surface area contributed by atoms with Crippen molar-refractivity contribution >= 4 is 5.78 Å². The van der Waals surface area contributed by atoms with Gasteiger partial charge in [-0.3, -0.25) is 9.78 Å². The van der Waals surface area contributed by atoms with Crippen molar-refractivity contribution < 1.29 is 14.3 Å². The molecule has 2 unspecified atom stereocenters. The smallest absolute Gasteiger partial charge is 0.155 e. The predicted octanol–water partition coefficient (Wildman–Crippen LogP) is 2.34. The number of aromatic nitrogens is 1. The summed E-state index contributed by atoms with van der Waals surface area (Å²) >= 11 is 0. The summed E-state index contributed by atoms with van der Waals surface area (Å²) < 4.78 is 11.2. The second-order valence-electron chi connectivity index (χ2n) is 6.48. The molecule has 5 heteroatoms. The van der Waals surface area contributed by atoms with Gasteiger partial charge in [-0.15, -0.1) is 0 Å². The molecular weight excluding hydrogens is 268 g/mol. The molecule has 1 fully saturated rings. The number of carbonyl (C=O) groups is 1. The van der Waals surface area contributed by atoms with Crippen molar-refractivity contribution in [3.05, 3.63) is 23.5 Å². The lowest BCUT2D eigenvalue weighted by Crippen LogP contribution is -2.47. The zero-order valence-electron chi connectivity index (χ0n) is 12.5. The van der Waals surface area contributed by atoms with Crippen LogP contribution >= 0.6 is 0 Å². The monoisotopic (exact) mass is 286 g/mol. The molecule has 3 rings (SSSR count). The molecule has 1 spiro atoms. The first-order valence-corrected chi connectivity index (χ1v) is 7.03. The Hall–Kier alpha value is -1.93. The van der Waals surface area contributed by atoms with Gasteiger partial charge in [-0.25, -0.2) is 0 Å². The molecule has 1 aromatic rings. The van der Waals surface area contributed by atoms with E-state index < -0.39 is 16.9 Å². The van der Waals surface area contributed by atoms with Crippen LogP contribution in [0.1, 0.15) is 37.9 Å². The Kier molecular flexibility index (Phi) is 3.03. The van der Waals surface area contributed by atoms with E-state index in [0.29, 0.717) is 25.2 Å². The van der Waals surface area contributed by atoms with E-state index in [0.717, 1.165) is 11.3 Å². The van der Waals surface area contributed by atoms with Crippen LogP contribution in [-0.4, -0.2) is 17.9 Å². The third kappa shape index (κ3) is 2.02. The van der Waals surface area contributed by atoms with E-state index in [9.17, 15) is 10.1 Å². The summed E-state index contributed by atoms with van der Waals surface area (Å²) in [6, 6.07) is 4.05. The molecule has 1 saturated carbocycles. The Bertz CT molecular complexity index is 647. The van der Waals surface area contributed by atoms with Crippen molar-refractivity contribution in [2.24, 2.45) is 11.3 Å². The van der Waals surface area contributed by atoms with Crippen LogP contribution in [0.5, 0.6) is 5.75 Å². The van der Waals surface area contributed by atoms with Gasteiger partial charge in [-0.05, 0) is 12.5 Å². The normalized spacial score (nSPS) is 30.0. The number of hydrogen-bond acceptors (Lipinski definition) is 5. The molecule has 1 aliphatic carbocycles. The quantitative estimate of drug-likeness (QED) is 0.792. The third-order valence-corrected chi connectivity index (χ3v) is 4.51. The number of Topliss-reactive ketones (excluding diaryl/α,β-unsaturated/α-hetero) is 1. The lowest BCUT2D eigenvalue weighted by Gasteiger charge is -2.42. The topological polar surface area (TPSA) is 72.2 Å². The van der Waals surface area contributed by atoms with Gasteiger partial charge in [0.1, 0.15) is 17.3 Å². The minimum atomic E-state index is -0.636. The molecular formula is C16H18N2O3. The van der Waals surface area contributed by atoms with Crippen LogP contribution in [0.2, 0.25) is 0 Å². The lowest BCUT2D eigenvalue weighted by molar-refractivity contribution is -0.150. The second kappa shape index (κ2) is 4.54. The average molecular weight is 286 g/mol. The standard InChI is InChI=1S/C16H18N2O3/c1-15(2)9-16(5-11(6-17)14(15)19)13-10(8-21-16)4-12(20-3)7-18-13/h4,7,11H,5,8-9H2,1-3H3. The van der Waals surface area contributed by atoms with Gasteiger partial charge in [0.05, 0.1) is 31.7 Å². The molecule has 0 radical (unpaired) electrons. The molecule has 0 saturated heterocycles.